The molecule has 0 atom stereocenters. The molecule has 2 amide bonds. The molecule has 5 nitrogen and oxygen atoms in total. The molecule has 1 aromatic carbocycles. The first-order valence-corrected chi connectivity index (χ1v) is 5.61. The molecule has 0 aliphatic heterocycles. The van der Waals surface area contributed by atoms with Gasteiger partial charge in [-0.1, -0.05) is 6.07 Å². The number of aromatic hydroxyl groups is 1. The molecule has 0 saturated carbocycles. The van der Waals surface area contributed by atoms with Gasteiger partial charge in [-0.05, 0) is 18.6 Å². The molecule has 0 aliphatic carbocycles. The second-order valence-electron chi connectivity index (χ2n) is 3.30. The fraction of sp³-hybridized carbons (Fsp3) is 0.273. The minimum absolute atomic E-state index is 0.0188. The molecule has 0 aromatic heterocycles. The fourth-order valence-corrected chi connectivity index (χ4v) is 1.25. The monoisotopic (exact) mass is 256 g/mol. The highest BCUT2D eigenvalue weighted by atomic mass is 35.5. The number of amides is 2. The molecule has 3 N–H and O–H groups in total. The molecule has 0 fully saturated rings. The predicted molar refractivity (Wildman–Crippen MR) is 65.1 cm³/mol. The highest BCUT2D eigenvalue weighted by Gasteiger charge is 2.12. The fourth-order valence-electron chi connectivity index (χ4n) is 1.12. The first-order chi connectivity index (χ1) is 8.13. The summed E-state index contributed by atoms with van der Waals surface area (Å²) >= 11 is 5.43. The van der Waals surface area contributed by atoms with Gasteiger partial charge in [0, 0.05) is 24.2 Å². The van der Waals surface area contributed by atoms with Gasteiger partial charge < -0.3 is 15.7 Å². The van der Waals surface area contributed by atoms with Crippen molar-refractivity contribution in [3.8, 4) is 5.75 Å². The van der Waals surface area contributed by atoms with Crippen molar-refractivity contribution >= 4 is 29.1 Å². The summed E-state index contributed by atoms with van der Waals surface area (Å²) in [5, 5.41) is 14.0. The van der Waals surface area contributed by atoms with Crippen molar-refractivity contribution in [1.29, 1.82) is 0 Å². The van der Waals surface area contributed by atoms with E-state index in [9.17, 15) is 14.7 Å². The molecule has 6 heteroatoms. The second-order valence-corrected chi connectivity index (χ2v) is 3.68. The summed E-state index contributed by atoms with van der Waals surface area (Å²) in [7, 11) is 0. The van der Waals surface area contributed by atoms with Crippen LogP contribution in [0.5, 0.6) is 5.75 Å². The minimum Gasteiger partial charge on any atom is -0.508 e. The predicted octanol–water partition coefficient (Wildman–Crippen LogP) is 1.08. The third-order valence-electron chi connectivity index (χ3n) is 1.91. The van der Waals surface area contributed by atoms with Crippen molar-refractivity contribution in [3.63, 3.8) is 0 Å². The Morgan fingerprint density at radius 1 is 1.29 bits per heavy atom. The number of carbonyl (C=O) groups is 2. The Hall–Kier alpha value is -1.75. The van der Waals surface area contributed by atoms with Crippen LogP contribution < -0.4 is 10.6 Å². The number of phenolic OH excluding ortho intramolecular Hbond substituents is 1. The Morgan fingerprint density at radius 3 is 2.71 bits per heavy atom. The lowest BCUT2D eigenvalue weighted by molar-refractivity contribution is -0.136. The number of phenols is 1. The van der Waals surface area contributed by atoms with Crippen LogP contribution in [0, 0.1) is 0 Å². The zero-order valence-electron chi connectivity index (χ0n) is 9.07. The van der Waals surface area contributed by atoms with Gasteiger partial charge in [-0.2, -0.15) is 0 Å². The highest BCUT2D eigenvalue weighted by Crippen LogP contribution is 2.14. The number of hydrogen-bond acceptors (Lipinski definition) is 3. The third kappa shape index (κ3) is 4.74. The summed E-state index contributed by atoms with van der Waals surface area (Å²) < 4.78 is 0. The number of anilines is 1. The Balaban J connectivity index is 2.46. The molecule has 92 valence electrons. The summed E-state index contributed by atoms with van der Waals surface area (Å²) in [6, 6.07) is 5.96. The van der Waals surface area contributed by atoms with Gasteiger partial charge >= 0.3 is 11.8 Å². The first kappa shape index (κ1) is 13.3. The van der Waals surface area contributed by atoms with Crippen LogP contribution in [0.2, 0.25) is 0 Å². The van der Waals surface area contributed by atoms with E-state index in [0.29, 0.717) is 24.5 Å². The number of nitrogens with one attached hydrogen (secondary N) is 2. The van der Waals surface area contributed by atoms with Crippen LogP contribution >= 0.6 is 11.6 Å². The minimum atomic E-state index is -0.773. The molecular weight excluding hydrogens is 244 g/mol. The quantitative estimate of drug-likeness (QED) is 0.428. The normalized spacial score (nSPS) is 9.71. The van der Waals surface area contributed by atoms with Crippen molar-refractivity contribution in [3.05, 3.63) is 24.3 Å². The summed E-state index contributed by atoms with van der Waals surface area (Å²) in [5.74, 6) is -1.05. The molecule has 0 radical (unpaired) electrons. The standard InChI is InChI=1S/C11H13ClN2O3/c12-5-2-6-13-10(16)11(17)14-8-3-1-4-9(15)7-8/h1,3-4,7,15H,2,5-6H2,(H,13,16)(H,14,17). The molecule has 0 heterocycles. The topological polar surface area (TPSA) is 78.4 Å². The molecular formula is C11H13ClN2O3. The Bertz CT molecular complexity index is 409. The van der Waals surface area contributed by atoms with Gasteiger partial charge in [0.2, 0.25) is 0 Å². The second kappa shape index (κ2) is 6.75. The van der Waals surface area contributed by atoms with Crippen molar-refractivity contribution in [2.24, 2.45) is 0 Å². The van der Waals surface area contributed by atoms with Gasteiger partial charge in [-0.15, -0.1) is 11.6 Å². The lowest BCUT2D eigenvalue weighted by Gasteiger charge is -2.05. The number of alkyl halides is 1. The van der Waals surface area contributed by atoms with Crippen molar-refractivity contribution in [1.82, 2.24) is 5.32 Å². The average Bonchev–Trinajstić information content (AvgIpc) is 2.29. The molecule has 1 rings (SSSR count). The van der Waals surface area contributed by atoms with E-state index in [1.807, 2.05) is 0 Å². The summed E-state index contributed by atoms with van der Waals surface area (Å²) in [5.41, 5.74) is 0.363. The molecule has 1 aromatic rings. The van der Waals surface area contributed by atoms with Gasteiger partial charge in [0.1, 0.15) is 5.75 Å². The van der Waals surface area contributed by atoms with Crippen LogP contribution in [0.1, 0.15) is 6.42 Å². The highest BCUT2D eigenvalue weighted by molar-refractivity contribution is 6.39. The van der Waals surface area contributed by atoms with Crippen LogP contribution in [0.3, 0.4) is 0 Å². The summed E-state index contributed by atoms with van der Waals surface area (Å²) in [6.45, 7) is 0.357. The first-order valence-electron chi connectivity index (χ1n) is 5.07. The van der Waals surface area contributed by atoms with Gasteiger partial charge in [-0.3, -0.25) is 9.59 Å². The van der Waals surface area contributed by atoms with Gasteiger partial charge in [0.15, 0.2) is 0 Å². The van der Waals surface area contributed by atoms with Crippen LogP contribution in [0.25, 0.3) is 0 Å². The van der Waals surface area contributed by atoms with Gasteiger partial charge in [0.25, 0.3) is 0 Å². The summed E-state index contributed by atoms with van der Waals surface area (Å²) in [4.78, 5) is 22.7. The van der Waals surface area contributed by atoms with Crippen molar-refractivity contribution < 1.29 is 14.7 Å². The SMILES string of the molecule is O=C(NCCCCl)C(=O)Nc1cccc(O)c1. The lowest BCUT2D eigenvalue weighted by Crippen LogP contribution is -2.36. The Labute approximate surface area is 104 Å². The van der Waals surface area contributed by atoms with E-state index in [1.54, 1.807) is 12.1 Å². The molecule has 0 unspecified atom stereocenters. The maximum Gasteiger partial charge on any atom is 0.313 e. The Morgan fingerprint density at radius 2 is 2.06 bits per heavy atom. The number of hydrogen-bond donors (Lipinski definition) is 3. The van der Waals surface area contributed by atoms with E-state index in [0.717, 1.165) is 0 Å². The maximum absolute atomic E-state index is 11.4. The van der Waals surface area contributed by atoms with E-state index in [-0.39, 0.29) is 5.75 Å². The van der Waals surface area contributed by atoms with Crippen LogP contribution in [0.4, 0.5) is 5.69 Å². The number of halogens is 1. The van der Waals surface area contributed by atoms with E-state index < -0.39 is 11.8 Å². The van der Waals surface area contributed by atoms with Crippen molar-refractivity contribution in [2.45, 2.75) is 6.42 Å². The van der Waals surface area contributed by atoms with E-state index in [1.165, 1.54) is 12.1 Å². The molecule has 0 bridgehead atoms. The largest absolute Gasteiger partial charge is 0.508 e. The smallest absolute Gasteiger partial charge is 0.313 e. The molecule has 17 heavy (non-hydrogen) atoms. The molecule has 0 aliphatic rings. The lowest BCUT2D eigenvalue weighted by atomic mass is 10.3. The molecule has 0 spiro atoms. The van der Waals surface area contributed by atoms with Crippen LogP contribution in [-0.4, -0.2) is 29.3 Å². The third-order valence-corrected chi connectivity index (χ3v) is 2.17. The Kier molecular flexibility index (Phi) is 5.29. The zero-order valence-corrected chi connectivity index (χ0v) is 9.83. The van der Waals surface area contributed by atoms with E-state index >= 15 is 0 Å². The molecule has 0 saturated heterocycles. The maximum atomic E-state index is 11.4. The van der Waals surface area contributed by atoms with E-state index in [4.69, 9.17) is 11.6 Å². The number of rotatable bonds is 4. The summed E-state index contributed by atoms with van der Waals surface area (Å²) in [6.07, 6.45) is 0.604. The average molecular weight is 257 g/mol. The number of carbonyl (C=O) groups excluding carboxylic acids is 2. The number of benzene rings is 1. The zero-order chi connectivity index (χ0) is 12.7. The van der Waals surface area contributed by atoms with Crippen LogP contribution in [0.15, 0.2) is 24.3 Å². The van der Waals surface area contributed by atoms with Gasteiger partial charge in [-0.25, -0.2) is 0 Å². The van der Waals surface area contributed by atoms with E-state index in [2.05, 4.69) is 10.6 Å². The van der Waals surface area contributed by atoms with Gasteiger partial charge in [0.05, 0.1) is 0 Å². The van der Waals surface area contributed by atoms with Crippen molar-refractivity contribution in [2.75, 3.05) is 17.7 Å². The van der Waals surface area contributed by atoms with Crippen LogP contribution in [-0.2, 0) is 9.59 Å².